The number of aryl methyl sites for hydroxylation is 1. The number of benzene rings is 2. The molecule has 0 atom stereocenters. The smallest absolute Gasteiger partial charge is 0.306 e. The number of hydrogen-bond donors (Lipinski definition) is 3. The Morgan fingerprint density at radius 3 is 2.24 bits per heavy atom. The molecule has 1 saturated carbocycles. The second-order valence-electron chi connectivity index (χ2n) is 8.61. The van der Waals surface area contributed by atoms with Gasteiger partial charge in [-0.25, -0.2) is 0 Å². The third-order valence-electron chi connectivity index (χ3n) is 6.32. The molecule has 2 aromatic carbocycles. The zero-order valence-corrected chi connectivity index (χ0v) is 19.1. The first kappa shape index (κ1) is 23.4. The largest absolute Gasteiger partial charge is 0.490 e. The van der Waals surface area contributed by atoms with Gasteiger partial charge >= 0.3 is 5.97 Å². The minimum Gasteiger partial charge on any atom is -0.490 e. The number of carboxylic acids is 1. The maximum absolute atomic E-state index is 12.5. The summed E-state index contributed by atoms with van der Waals surface area (Å²) in [5, 5.41) is 15.7. The average Bonchev–Trinajstić information content (AvgIpc) is 3.19. The van der Waals surface area contributed by atoms with Crippen LogP contribution >= 0.6 is 0 Å². The molecule has 1 aliphatic rings. The van der Waals surface area contributed by atoms with E-state index in [2.05, 4.69) is 10.6 Å². The van der Waals surface area contributed by atoms with Crippen molar-refractivity contribution in [2.45, 2.75) is 31.8 Å². The number of ether oxygens (including phenoxy) is 1. The Morgan fingerprint density at radius 1 is 0.941 bits per heavy atom. The highest BCUT2D eigenvalue weighted by Crippen LogP contribution is 2.28. The molecule has 0 saturated heterocycles. The van der Waals surface area contributed by atoms with Crippen molar-refractivity contribution in [1.29, 1.82) is 0 Å². The molecule has 0 unspecified atom stereocenters. The zero-order chi connectivity index (χ0) is 24.1. The lowest BCUT2D eigenvalue weighted by atomic mass is 9.87. The molecule has 0 spiro atoms. The van der Waals surface area contributed by atoms with Crippen LogP contribution in [-0.4, -0.2) is 46.7 Å². The summed E-state index contributed by atoms with van der Waals surface area (Å²) < 4.78 is 7.79. The van der Waals surface area contributed by atoms with Crippen LogP contribution in [0.3, 0.4) is 0 Å². The van der Waals surface area contributed by atoms with Crippen LogP contribution in [-0.2, 0) is 11.8 Å². The molecule has 1 fully saturated rings. The number of fused-ring (bicyclic) bond motifs is 1. The number of nitrogens with one attached hydrogen (secondary N) is 2. The van der Waals surface area contributed by atoms with Crippen LogP contribution < -0.4 is 15.4 Å². The van der Waals surface area contributed by atoms with Crippen molar-refractivity contribution in [3.05, 3.63) is 65.9 Å². The summed E-state index contributed by atoms with van der Waals surface area (Å²) in [5.41, 5.74) is 2.06. The van der Waals surface area contributed by atoms with Crippen LogP contribution in [0.1, 0.15) is 46.5 Å². The number of nitrogens with zero attached hydrogens (tertiary/aromatic N) is 1. The fourth-order valence-electron chi connectivity index (χ4n) is 4.36. The van der Waals surface area contributed by atoms with Gasteiger partial charge in [0.25, 0.3) is 11.8 Å². The summed E-state index contributed by atoms with van der Waals surface area (Å²) in [6.07, 6.45) is 2.67. The summed E-state index contributed by atoms with van der Waals surface area (Å²) >= 11 is 0. The normalized spacial score (nSPS) is 17.8. The molecule has 0 aliphatic heterocycles. The second kappa shape index (κ2) is 10.4. The van der Waals surface area contributed by atoms with Crippen molar-refractivity contribution in [1.82, 2.24) is 15.2 Å². The fraction of sp³-hybridized carbons (Fsp3) is 0.346. The number of para-hydroxylation sites is 1. The van der Waals surface area contributed by atoms with E-state index >= 15 is 0 Å². The van der Waals surface area contributed by atoms with Gasteiger partial charge in [0.05, 0.1) is 12.0 Å². The molecule has 8 nitrogen and oxygen atoms in total. The Kier molecular flexibility index (Phi) is 7.15. The van der Waals surface area contributed by atoms with Gasteiger partial charge in [-0.15, -0.1) is 0 Å². The Hall–Kier alpha value is -3.81. The average molecular weight is 464 g/mol. The van der Waals surface area contributed by atoms with Crippen LogP contribution in [0, 0.1) is 5.92 Å². The molecule has 3 N–H and O–H groups in total. The molecule has 4 rings (SSSR count). The lowest BCUT2D eigenvalue weighted by Gasteiger charge is -2.26. The number of aromatic nitrogens is 1. The van der Waals surface area contributed by atoms with E-state index in [0.717, 1.165) is 10.9 Å². The van der Waals surface area contributed by atoms with Crippen molar-refractivity contribution in [2.75, 3.05) is 13.1 Å². The van der Waals surface area contributed by atoms with Gasteiger partial charge in [0, 0.05) is 36.6 Å². The fourth-order valence-corrected chi connectivity index (χ4v) is 4.36. The number of aliphatic carboxylic acids is 1. The van der Waals surface area contributed by atoms with Crippen molar-refractivity contribution in [3.63, 3.8) is 0 Å². The van der Waals surface area contributed by atoms with Crippen LogP contribution in [0.2, 0.25) is 0 Å². The van der Waals surface area contributed by atoms with E-state index in [1.807, 2.05) is 41.9 Å². The Labute approximate surface area is 197 Å². The van der Waals surface area contributed by atoms with E-state index in [4.69, 9.17) is 9.84 Å². The predicted molar refractivity (Wildman–Crippen MR) is 128 cm³/mol. The molecule has 1 aromatic heterocycles. The highest BCUT2D eigenvalue weighted by molar-refractivity contribution is 5.98. The van der Waals surface area contributed by atoms with Gasteiger partial charge in [-0.05, 0) is 62.1 Å². The van der Waals surface area contributed by atoms with Gasteiger partial charge in [0.15, 0.2) is 0 Å². The number of hydrogen-bond acceptors (Lipinski definition) is 4. The molecule has 0 bridgehead atoms. The lowest BCUT2D eigenvalue weighted by molar-refractivity contribution is -0.143. The molecule has 178 valence electrons. The topological polar surface area (TPSA) is 110 Å². The highest BCUT2D eigenvalue weighted by Gasteiger charge is 2.26. The van der Waals surface area contributed by atoms with Crippen LogP contribution in [0.25, 0.3) is 10.9 Å². The number of amides is 2. The van der Waals surface area contributed by atoms with Crippen LogP contribution in [0.15, 0.2) is 54.6 Å². The van der Waals surface area contributed by atoms with E-state index in [-0.39, 0.29) is 23.8 Å². The molecule has 3 aromatic rings. The first-order valence-corrected chi connectivity index (χ1v) is 11.5. The lowest BCUT2D eigenvalue weighted by Crippen LogP contribution is -2.35. The van der Waals surface area contributed by atoms with Gasteiger partial charge in [0.2, 0.25) is 0 Å². The third kappa shape index (κ3) is 5.39. The molecular weight excluding hydrogens is 434 g/mol. The van der Waals surface area contributed by atoms with Gasteiger partial charge in [-0.1, -0.05) is 18.2 Å². The van der Waals surface area contributed by atoms with Crippen molar-refractivity contribution in [2.24, 2.45) is 13.0 Å². The van der Waals surface area contributed by atoms with E-state index in [0.29, 0.717) is 55.8 Å². The summed E-state index contributed by atoms with van der Waals surface area (Å²) in [6.45, 7) is 0.617. The third-order valence-corrected chi connectivity index (χ3v) is 6.32. The molecule has 34 heavy (non-hydrogen) atoms. The molecule has 2 amide bonds. The second-order valence-corrected chi connectivity index (χ2v) is 8.61. The number of rotatable bonds is 8. The molecule has 1 heterocycles. The number of carbonyl (C=O) groups is 3. The predicted octanol–water partition coefficient (Wildman–Crippen LogP) is 3.36. The van der Waals surface area contributed by atoms with E-state index in [9.17, 15) is 14.4 Å². The van der Waals surface area contributed by atoms with Gasteiger partial charge in [0.1, 0.15) is 11.4 Å². The Morgan fingerprint density at radius 2 is 1.59 bits per heavy atom. The van der Waals surface area contributed by atoms with Crippen LogP contribution in [0.5, 0.6) is 5.75 Å². The minimum atomic E-state index is -0.734. The summed E-state index contributed by atoms with van der Waals surface area (Å²) in [5.74, 6) is -0.763. The highest BCUT2D eigenvalue weighted by atomic mass is 16.5. The van der Waals surface area contributed by atoms with Gasteiger partial charge in [-0.3, -0.25) is 14.4 Å². The first-order chi connectivity index (χ1) is 16.4. The molecule has 1 aliphatic carbocycles. The maximum Gasteiger partial charge on any atom is 0.306 e. The maximum atomic E-state index is 12.5. The number of carboxylic acid groups (broad SMARTS) is 1. The standard InChI is InChI=1S/C26H29N3O5/c1-29-22-5-3-2-4-19(22)16-23(29)25(31)28-15-14-27-24(30)17-6-10-20(11-7-17)34-21-12-8-18(9-13-21)26(32)33/h2-7,10-11,16,18,21H,8-9,12-15H2,1H3,(H,27,30)(H,28,31)(H,32,33). The summed E-state index contributed by atoms with van der Waals surface area (Å²) in [4.78, 5) is 36.0. The van der Waals surface area contributed by atoms with Crippen LogP contribution in [0.4, 0.5) is 0 Å². The van der Waals surface area contributed by atoms with Crippen molar-refractivity contribution >= 4 is 28.7 Å². The monoisotopic (exact) mass is 463 g/mol. The quantitative estimate of drug-likeness (QED) is 0.444. The van der Waals surface area contributed by atoms with Gasteiger partial charge < -0.3 is 25.0 Å². The Bertz CT molecular complexity index is 1180. The Balaban J connectivity index is 1.21. The van der Waals surface area contributed by atoms with E-state index < -0.39 is 5.97 Å². The zero-order valence-electron chi connectivity index (χ0n) is 19.1. The van der Waals surface area contributed by atoms with Crippen molar-refractivity contribution in [3.8, 4) is 5.75 Å². The molecule has 8 heteroatoms. The SMILES string of the molecule is Cn1c(C(=O)NCCNC(=O)c2ccc(OC3CCC(C(=O)O)CC3)cc2)cc2ccccc21. The molecule has 0 radical (unpaired) electrons. The summed E-state index contributed by atoms with van der Waals surface area (Å²) in [6, 6.07) is 16.5. The molecular formula is C26H29N3O5. The first-order valence-electron chi connectivity index (χ1n) is 11.5. The van der Waals surface area contributed by atoms with E-state index in [1.54, 1.807) is 24.3 Å². The number of carbonyl (C=O) groups excluding carboxylic acids is 2. The summed E-state index contributed by atoms with van der Waals surface area (Å²) in [7, 11) is 1.85. The van der Waals surface area contributed by atoms with E-state index in [1.165, 1.54) is 0 Å². The minimum absolute atomic E-state index is 0.000655. The van der Waals surface area contributed by atoms with Gasteiger partial charge in [-0.2, -0.15) is 0 Å². The van der Waals surface area contributed by atoms with Crippen molar-refractivity contribution < 1.29 is 24.2 Å².